The van der Waals surface area contributed by atoms with Crippen LogP contribution < -0.4 is 0 Å². The Morgan fingerprint density at radius 3 is 2.64 bits per heavy atom. The van der Waals surface area contributed by atoms with E-state index < -0.39 is 28.8 Å². The fourth-order valence-corrected chi connectivity index (χ4v) is 3.54. The molecule has 2 aliphatic heterocycles. The van der Waals surface area contributed by atoms with E-state index in [0.29, 0.717) is 0 Å². The second kappa shape index (κ2) is 2.64. The molecule has 1 amide bonds. The fraction of sp³-hybridized carbons (Fsp3) is 0.750. The Balaban J connectivity index is 2.32. The number of amides is 1. The number of fused-ring (bicyclic) bond motifs is 1. The van der Waals surface area contributed by atoms with Gasteiger partial charge in [0.2, 0.25) is 0 Å². The minimum atomic E-state index is -1.02. The largest absolute Gasteiger partial charge is 0.480 e. The number of aliphatic carboxylic acids is 1. The maximum Gasteiger partial charge on any atom is 0.327 e. The standard InChI is InChI=1S/C8H11NO4S/c1-8(2)4(7(12)13)9-5(11)3(10)6(9)14-8/h3-4,6,10H,1-2H3,(H,12,13)/t3?,4-,6+/m0/s1. The van der Waals surface area contributed by atoms with E-state index >= 15 is 0 Å². The van der Waals surface area contributed by atoms with E-state index in [0.717, 1.165) is 0 Å². The zero-order valence-corrected chi connectivity index (χ0v) is 8.61. The van der Waals surface area contributed by atoms with Gasteiger partial charge in [-0.3, -0.25) is 4.79 Å². The molecule has 0 aromatic rings. The van der Waals surface area contributed by atoms with E-state index in [2.05, 4.69) is 0 Å². The molecule has 2 rings (SSSR count). The van der Waals surface area contributed by atoms with E-state index in [9.17, 15) is 14.7 Å². The van der Waals surface area contributed by atoms with Gasteiger partial charge in [0, 0.05) is 4.75 Å². The molecule has 2 saturated heterocycles. The number of rotatable bonds is 1. The van der Waals surface area contributed by atoms with Crippen molar-refractivity contribution < 1.29 is 19.8 Å². The van der Waals surface area contributed by atoms with Gasteiger partial charge in [-0.25, -0.2) is 4.79 Å². The number of nitrogens with zero attached hydrogens (tertiary/aromatic N) is 1. The van der Waals surface area contributed by atoms with Gasteiger partial charge in [-0.1, -0.05) is 0 Å². The Morgan fingerprint density at radius 2 is 2.14 bits per heavy atom. The molecule has 0 bridgehead atoms. The van der Waals surface area contributed by atoms with Crippen LogP contribution in [-0.4, -0.2) is 49.3 Å². The van der Waals surface area contributed by atoms with E-state index in [1.54, 1.807) is 13.8 Å². The average molecular weight is 217 g/mol. The molecular formula is C8H11NO4S. The molecule has 2 N–H and O–H groups in total. The number of carbonyl (C=O) groups excluding carboxylic acids is 1. The predicted octanol–water partition coefficient (Wildman–Crippen LogP) is -0.506. The first-order valence-corrected chi connectivity index (χ1v) is 5.15. The first-order valence-electron chi connectivity index (χ1n) is 4.27. The number of aliphatic hydroxyl groups excluding tert-OH is 1. The van der Waals surface area contributed by atoms with Gasteiger partial charge < -0.3 is 15.1 Å². The SMILES string of the molecule is CC1(C)S[C@@H]2C(O)C(=O)N2[C@H]1C(=O)O. The highest BCUT2D eigenvalue weighted by Gasteiger charge is 2.63. The van der Waals surface area contributed by atoms with Crippen molar-refractivity contribution in [2.24, 2.45) is 0 Å². The topological polar surface area (TPSA) is 77.8 Å². The highest BCUT2D eigenvalue weighted by Crippen LogP contribution is 2.50. The lowest BCUT2D eigenvalue weighted by Crippen LogP contribution is -2.65. The summed E-state index contributed by atoms with van der Waals surface area (Å²) in [7, 11) is 0. The quantitative estimate of drug-likeness (QED) is 0.579. The summed E-state index contributed by atoms with van der Waals surface area (Å²) in [4.78, 5) is 23.5. The summed E-state index contributed by atoms with van der Waals surface area (Å²) in [5, 5.41) is 17.9. The summed E-state index contributed by atoms with van der Waals surface area (Å²) in [5.41, 5.74) is 0. The molecule has 14 heavy (non-hydrogen) atoms. The monoisotopic (exact) mass is 217 g/mol. The van der Waals surface area contributed by atoms with Crippen LogP contribution >= 0.6 is 11.8 Å². The van der Waals surface area contributed by atoms with Gasteiger partial charge in [-0.15, -0.1) is 11.8 Å². The van der Waals surface area contributed by atoms with Crippen LogP contribution in [0.25, 0.3) is 0 Å². The van der Waals surface area contributed by atoms with E-state index in [-0.39, 0.29) is 5.37 Å². The second-order valence-corrected chi connectivity index (χ2v) is 5.81. The number of carboxylic acids is 1. The summed E-state index contributed by atoms with van der Waals surface area (Å²) >= 11 is 1.34. The normalized spacial score (nSPS) is 39.2. The Labute approximate surface area is 85.1 Å². The number of hydrogen-bond acceptors (Lipinski definition) is 4. The third kappa shape index (κ3) is 1.01. The highest BCUT2D eigenvalue weighted by atomic mass is 32.2. The maximum absolute atomic E-state index is 11.2. The first-order chi connectivity index (χ1) is 6.36. The van der Waals surface area contributed by atoms with Crippen LogP contribution in [0.4, 0.5) is 0 Å². The zero-order chi connectivity index (χ0) is 10.7. The van der Waals surface area contributed by atoms with Crippen LogP contribution in [0.1, 0.15) is 13.8 Å². The lowest BCUT2D eigenvalue weighted by molar-refractivity contribution is -0.169. The molecule has 78 valence electrons. The molecular weight excluding hydrogens is 206 g/mol. The van der Waals surface area contributed by atoms with Crippen molar-refractivity contribution in [2.75, 3.05) is 0 Å². The number of carbonyl (C=O) groups is 2. The highest BCUT2D eigenvalue weighted by molar-refractivity contribution is 8.01. The van der Waals surface area contributed by atoms with Crippen molar-refractivity contribution in [3.05, 3.63) is 0 Å². The van der Waals surface area contributed by atoms with Gasteiger partial charge in [-0.05, 0) is 13.8 Å². The van der Waals surface area contributed by atoms with Crippen LogP contribution in [0.2, 0.25) is 0 Å². The smallest absolute Gasteiger partial charge is 0.327 e. The number of thioether (sulfide) groups is 1. The fourth-order valence-electron chi connectivity index (χ4n) is 1.99. The summed E-state index contributed by atoms with van der Waals surface area (Å²) in [6.45, 7) is 3.55. The molecule has 2 fully saturated rings. The zero-order valence-electron chi connectivity index (χ0n) is 7.80. The summed E-state index contributed by atoms with van der Waals surface area (Å²) < 4.78 is -0.538. The van der Waals surface area contributed by atoms with E-state index in [1.807, 2.05) is 0 Å². The Kier molecular flexibility index (Phi) is 1.84. The molecule has 0 radical (unpaired) electrons. The molecule has 0 aliphatic carbocycles. The number of β-lactam (4-membered cyclic amide) rings is 1. The van der Waals surface area contributed by atoms with Crippen LogP contribution in [-0.2, 0) is 9.59 Å². The summed E-state index contributed by atoms with van der Waals surface area (Å²) in [6.07, 6.45) is -1.02. The van der Waals surface area contributed by atoms with Gasteiger partial charge in [0.25, 0.3) is 5.91 Å². The van der Waals surface area contributed by atoms with Gasteiger partial charge in [0.05, 0.1) is 0 Å². The number of carboxylic acid groups (broad SMARTS) is 1. The van der Waals surface area contributed by atoms with Crippen molar-refractivity contribution >= 4 is 23.6 Å². The molecule has 6 heteroatoms. The lowest BCUT2D eigenvalue weighted by atomic mass is 9.97. The third-order valence-corrected chi connectivity index (χ3v) is 4.20. The minimum absolute atomic E-state index is 0.376. The Hall–Kier alpha value is -0.750. The third-order valence-electron chi connectivity index (χ3n) is 2.65. The maximum atomic E-state index is 11.2. The molecule has 0 aromatic heterocycles. The summed E-state index contributed by atoms with van der Waals surface area (Å²) in [6, 6.07) is -0.826. The molecule has 2 aliphatic rings. The number of hydrogen-bond donors (Lipinski definition) is 2. The predicted molar refractivity (Wildman–Crippen MR) is 49.7 cm³/mol. The molecule has 0 spiro atoms. The first kappa shape index (κ1) is 9.79. The second-order valence-electron chi connectivity index (χ2n) is 4.04. The Morgan fingerprint density at radius 1 is 1.57 bits per heavy atom. The molecule has 3 atom stereocenters. The van der Waals surface area contributed by atoms with Crippen LogP contribution in [0.15, 0.2) is 0 Å². The van der Waals surface area contributed by atoms with Crippen molar-refractivity contribution in [3.63, 3.8) is 0 Å². The van der Waals surface area contributed by atoms with Gasteiger partial charge in [0.1, 0.15) is 11.4 Å². The summed E-state index contributed by atoms with van der Waals surface area (Å²) in [5.74, 6) is -1.48. The van der Waals surface area contributed by atoms with E-state index in [4.69, 9.17) is 5.11 Å². The van der Waals surface area contributed by atoms with Crippen molar-refractivity contribution in [1.82, 2.24) is 4.90 Å². The number of aliphatic hydroxyl groups is 1. The average Bonchev–Trinajstić information content (AvgIpc) is 2.34. The lowest BCUT2D eigenvalue weighted by Gasteiger charge is -2.40. The van der Waals surface area contributed by atoms with Crippen LogP contribution in [0.5, 0.6) is 0 Å². The van der Waals surface area contributed by atoms with Crippen molar-refractivity contribution in [3.8, 4) is 0 Å². The molecule has 0 aromatic carbocycles. The molecule has 2 heterocycles. The van der Waals surface area contributed by atoms with Crippen molar-refractivity contribution in [2.45, 2.75) is 36.1 Å². The van der Waals surface area contributed by atoms with E-state index in [1.165, 1.54) is 16.7 Å². The van der Waals surface area contributed by atoms with Crippen molar-refractivity contribution in [1.29, 1.82) is 0 Å². The molecule has 5 nitrogen and oxygen atoms in total. The van der Waals surface area contributed by atoms with Crippen LogP contribution in [0.3, 0.4) is 0 Å². The minimum Gasteiger partial charge on any atom is -0.480 e. The Bertz CT molecular complexity index is 316. The van der Waals surface area contributed by atoms with Gasteiger partial charge >= 0.3 is 5.97 Å². The van der Waals surface area contributed by atoms with Crippen LogP contribution in [0, 0.1) is 0 Å². The molecule has 0 saturated carbocycles. The molecule has 1 unspecified atom stereocenters. The van der Waals surface area contributed by atoms with Gasteiger partial charge in [0.15, 0.2) is 6.10 Å². The van der Waals surface area contributed by atoms with Gasteiger partial charge in [-0.2, -0.15) is 0 Å².